The lowest BCUT2D eigenvalue weighted by Crippen LogP contribution is -2.30. The Bertz CT molecular complexity index is 1530. The minimum Gasteiger partial charge on any atom is -0.462 e. The molecule has 0 rings (SSSR count). The molecule has 1 unspecified atom stereocenters. The third-order valence-electron chi connectivity index (χ3n) is 14.3. The quantitative estimate of drug-likeness (QED) is 0.0261. The van der Waals surface area contributed by atoms with Crippen LogP contribution in [0.4, 0.5) is 0 Å². The first-order valence-electron chi connectivity index (χ1n) is 33.2. The highest BCUT2D eigenvalue weighted by Crippen LogP contribution is 2.16. The van der Waals surface area contributed by atoms with Crippen molar-refractivity contribution in [3.63, 3.8) is 0 Å². The van der Waals surface area contributed by atoms with Gasteiger partial charge in [-0.15, -0.1) is 0 Å². The lowest BCUT2D eigenvalue weighted by atomic mass is 10.0. The molecule has 0 N–H and O–H groups in total. The van der Waals surface area contributed by atoms with Gasteiger partial charge in [-0.1, -0.05) is 279 Å². The monoisotopic (exact) mass is 1080 g/mol. The molecule has 0 radical (unpaired) electrons. The van der Waals surface area contributed by atoms with E-state index in [1.807, 2.05) is 0 Å². The molecule has 0 aliphatic heterocycles. The SMILES string of the molecule is CC/C=C\C/C=C\C/C=C\C/C=C\C/C=C\CCCCCCCCCCCCCCCCCC(=O)OCC(COC(=O)CCCCCCC/C=C\CCCCCC)OC(=O)CCCCCCC/C=C\C/C=C\CCCCCC. The van der Waals surface area contributed by atoms with Crippen molar-refractivity contribution in [3.8, 4) is 0 Å². The maximum atomic E-state index is 12.9. The van der Waals surface area contributed by atoms with Gasteiger partial charge in [0.15, 0.2) is 6.10 Å². The lowest BCUT2D eigenvalue weighted by molar-refractivity contribution is -0.167. The molecule has 78 heavy (non-hydrogen) atoms. The molecule has 0 saturated heterocycles. The first kappa shape index (κ1) is 74.3. The van der Waals surface area contributed by atoms with E-state index in [4.69, 9.17) is 14.2 Å². The van der Waals surface area contributed by atoms with Crippen molar-refractivity contribution in [2.75, 3.05) is 13.2 Å². The highest BCUT2D eigenvalue weighted by molar-refractivity contribution is 5.71. The maximum Gasteiger partial charge on any atom is 0.306 e. The molecule has 0 heterocycles. The minimum absolute atomic E-state index is 0.0836. The molecule has 0 saturated carbocycles. The van der Waals surface area contributed by atoms with Gasteiger partial charge in [-0.3, -0.25) is 14.4 Å². The number of carbonyl (C=O) groups excluding carboxylic acids is 3. The molecular formula is C72H124O6. The number of allylic oxidation sites excluding steroid dienone is 16. The fourth-order valence-electron chi connectivity index (χ4n) is 9.32. The zero-order chi connectivity index (χ0) is 56.4. The van der Waals surface area contributed by atoms with E-state index in [0.29, 0.717) is 19.3 Å². The van der Waals surface area contributed by atoms with Crippen LogP contribution in [0.5, 0.6) is 0 Å². The van der Waals surface area contributed by atoms with E-state index in [9.17, 15) is 14.4 Å². The summed E-state index contributed by atoms with van der Waals surface area (Å²) in [6.45, 7) is 6.50. The molecule has 0 amide bonds. The Morgan fingerprint density at radius 1 is 0.269 bits per heavy atom. The predicted octanol–water partition coefficient (Wildman–Crippen LogP) is 22.8. The Hall–Kier alpha value is -3.67. The largest absolute Gasteiger partial charge is 0.462 e. The normalized spacial score (nSPS) is 12.7. The van der Waals surface area contributed by atoms with Crippen LogP contribution >= 0.6 is 0 Å². The summed E-state index contributed by atoms with van der Waals surface area (Å²) in [6.07, 6.45) is 88.5. The standard InChI is InChI=1S/C72H124O6/c1-4-7-10-13-16-19-22-25-27-29-30-31-32-33-34-35-36-37-38-39-40-41-42-43-45-47-50-53-56-59-62-65-71(74)77-68-69(67-76-70(73)64-61-58-55-52-49-46-24-21-18-15-12-9-6-3)78-72(75)66-63-60-57-54-51-48-44-28-26-23-20-17-14-11-8-5-2/h7,10,16,19-21,23-25,27-28,30-31,33-34,44,69H,4-6,8-9,11-15,17-18,22,26,29,32,35-43,45-68H2,1-3H3/b10-7-,19-16-,23-20-,24-21-,27-25-,31-30-,34-33-,44-28-. The van der Waals surface area contributed by atoms with E-state index >= 15 is 0 Å². The average molecular weight is 1090 g/mol. The number of ether oxygens (including phenoxy) is 3. The highest BCUT2D eigenvalue weighted by atomic mass is 16.6. The second-order valence-electron chi connectivity index (χ2n) is 22.0. The molecular weight excluding hydrogens is 961 g/mol. The van der Waals surface area contributed by atoms with E-state index in [-0.39, 0.29) is 31.1 Å². The molecule has 0 aromatic rings. The number of unbranched alkanes of at least 4 members (excludes halogenated alkanes) is 33. The molecule has 448 valence electrons. The van der Waals surface area contributed by atoms with Crippen molar-refractivity contribution in [3.05, 3.63) is 97.2 Å². The molecule has 0 aromatic carbocycles. The number of hydrogen-bond acceptors (Lipinski definition) is 6. The molecule has 0 aliphatic rings. The van der Waals surface area contributed by atoms with Crippen LogP contribution in [0.3, 0.4) is 0 Å². The zero-order valence-corrected chi connectivity index (χ0v) is 51.4. The molecule has 0 aromatic heterocycles. The van der Waals surface area contributed by atoms with Crippen molar-refractivity contribution in [2.45, 2.75) is 329 Å². The van der Waals surface area contributed by atoms with Gasteiger partial charge in [-0.05, 0) is 122 Å². The van der Waals surface area contributed by atoms with Crippen LogP contribution < -0.4 is 0 Å². The smallest absolute Gasteiger partial charge is 0.306 e. The number of rotatable bonds is 60. The Labute approximate surface area is 483 Å². The fourth-order valence-corrected chi connectivity index (χ4v) is 9.32. The van der Waals surface area contributed by atoms with E-state index in [0.717, 1.165) is 122 Å². The lowest BCUT2D eigenvalue weighted by Gasteiger charge is -2.18. The summed E-state index contributed by atoms with van der Waals surface area (Å²) in [5, 5.41) is 0. The Morgan fingerprint density at radius 3 is 0.795 bits per heavy atom. The van der Waals surface area contributed by atoms with Gasteiger partial charge < -0.3 is 14.2 Å². The predicted molar refractivity (Wildman–Crippen MR) is 339 cm³/mol. The van der Waals surface area contributed by atoms with E-state index < -0.39 is 6.10 Å². The van der Waals surface area contributed by atoms with Gasteiger partial charge in [0.2, 0.25) is 0 Å². The second-order valence-corrected chi connectivity index (χ2v) is 22.0. The number of esters is 3. The maximum absolute atomic E-state index is 12.9. The van der Waals surface area contributed by atoms with Crippen LogP contribution in [-0.4, -0.2) is 37.2 Å². The zero-order valence-electron chi connectivity index (χ0n) is 51.4. The van der Waals surface area contributed by atoms with Crippen LogP contribution in [-0.2, 0) is 28.6 Å². The summed E-state index contributed by atoms with van der Waals surface area (Å²) >= 11 is 0. The van der Waals surface area contributed by atoms with Gasteiger partial charge in [-0.2, -0.15) is 0 Å². The molecule has 0 fully saturated rings. The Morgan fingerprint density at radius 2 is 0.500 bits per heavy atom. The molecule has 6 nitrogen and oxygen atoms in total. The number of carbonyl (C=O) groups is 3. The van der Waals surface area contributed by atoms with E-state index in [2.05, 4.69) is 118 Å². The van der Waals surface area contributed by atoms with Gasteiger partial charge >= 0.3 is 17.9 Å². The van der Waals surface area contributed by atoms with Crippen LogP contribution in [0.1, 0.15) is 323 Å². The van der Waals surface area contributed by atoms with Gasteiger partial charge in [0.05, 0.1) is 0 Å². The topological polar surface area (TPSA) is 78.9 Å². The summed E-state index contributed by atoms with van der Waals surface area (Å²) < 4.78 is 16.9. The third-order valence-corrected chi connectivity index (χ3v) is 14.3. The fraction of sp³-hybridized carbons (Fsp3) is 0.736. The third kappa shape index (κ3) is 63.2. The summed E-state index contributed by atoms with van der Waals surface area (Å²) in [5.74, 6) is -0.895. The first-order valence-corrected chi connectivity index (χ1v) is 33.2. The van der Waals surface area contributed by atoms with Gasteiger partial charge in [0.1, 0.15) is 13.2 Å². The van der Waals surface area contributed by atoms with Crippen LogP contribution in [0.2, 0.25) is 0 Å². The van der Waals surface area contributed by atoms with Crippen molar-refractivity contribution >= 4 is 17.9 Å². The van der Waals surface area contributed by atoms with Crippen molar-refractivity contribution < 1.29 is 28.6 Å². The van der Waals surface area contributed by atoms with Gasteiger partial charge in [0, 0.05) is 19.3 Å². The summed E-state index contributed by atoms with van der Waals surface area (Å²) in [6, 6.07) is 0. The van der Waals surface area contributed by atoms with Crippen molar-refractivity contribution in [2.24, 2.45) is 0 Å². The molecule has 0 aliphatic carbocycles. The van der Waals surface area contributed by atoms with Crippen LogP contribution in [0, 0.1) is 0 Å². The Kier molecular flexibility index (Phi) is 62.7. The van der Waals surface area contributed by atoms with E-state index in [1.165, 1.54) is 161 Å². The van der Waals surface area contributed by atoms with Gasteiger partial charge in [-0.25, -0.2) is 0 Å². The molecule has 6 heteroatoms. The first-order chi connectivity index (χ1) is 38.5. The summed E-state index contributed by atoms with van der Waals surface area (Å²) in [4.78, 5) is 38.3. The van der Waals surface area contributed by atoms with Gasteiger partial charge in [0.25, 0.3) is 0 Å². The van der Waals surface area contributed by atoms with Crippen molar-refractivity contribution in [1.29, 1.82) is 0 Å². The highest BCUT2D eigenvalue weighted by Gasteiger charge is 2.19. The minimum atomic E-state index is -0.788. The second kappa shape index (κ2) is 65.8. The van der Waals surface area contributed by atoms with Crippen molar-refractivity contribution in [1.82, 2.24) is 0 Å². The molecule has 1 atom stereocenters. The van der Waals surface area contributed by atoms with Crippen LogP contribution in [0.15, 0.2) is 97.2 Å². The summed E-state index contributed by atoms with van der Waals surface area (Å²) in [7, 11) is 0. The van der Waals surface area contributed by atoms with Crippen LogP contribution in [0.25, 0.3) is 0 Å². The summed E-state index contributed by atoms with van der Waals surface area (Å²) in [5.41, 5.74) is 0. The van der Waals surface area contributed by atoms with E-state index in [1.54, 1.807) is 0 Å². The Balaban J connectivity index is 4.22. The number of hydrogen-bond donors (Lipinski definition) is 0. The average Bonchev–Trinajstić information content (AvgIpc) is 3.44. The molecule has 0 spiro atoms. The molecule has 0 bridgehead atoms.